The molecule has 0 amide bonds. The van der Waals surface area contributed by atoms with Crippen LogP contribution in [0.3, 0.4) is 0 Å². The van der Waals surface area contributed by atoms with Gasteiger partial charge >= 0.3 is 5.97 Å². The van der Waals surface area contributed by atoms with E-state index in [2.05, 4.69) is 0 Å². The van der Waals surface area contributed by atoms with Crippen LogP contribution in [-0.4, -0.2) is 36.5 Å². The normalized spacial score (nSPS) is 25.2. The maximum Gasteiger partial charge on any atom is 0.335 e. The number of benzene rings is 1. The van der Waals surface area contributed by atoms with Gasteiger partial charge in [-0.1, -0.05) is 30.3 Å². The molecule has 2 atom stereocenters. The molecule has 1 N–H and O–H groups in total. The summed E-state index contributed by atoms with van der Waals surface area (Å²) in [6.07, 6.45) is -0.680. The van der Waals surface area contributed by atoms with E-state index >= 15 is 0 Å². The van der Waals surface area contributed by atoms with Crippen molar-refractivity contribution in [2.45, 2.75) is 18.6 Å². The van der Waals surface area contributed by atoms with Crippen molar-refractivity contribution < 1.29 is 19.4 Å². The van der Waals surface area contributed by atoms with E-state index in [4.69, 9.17) is 14.6 Å². The summed E-state index contributed by atoms with van der Waals surface area (Å²) in [6, 6.07) is 9.69. The van der Waals surface area contributed by atoms with E-state index < -0.39 is 18.2 Å². The third kappa shape index (κ3) is 2.59. The Morgan fingerprint density at radius 1 is 1.25 bits per heavy atom. The van der Waals surface area contributed by atoms with Gasteiger partial charge in [-0.3, -0.25) is 0 Å². The fourth-order valence-electron chi connectivity index (χ4n) is 1.81. The maximum atomic E-state index is 10.9. The molecular weight excluding hydrogens is 208 g/mol. The first-order valence-corrected chi connectivity index (χ1v) is 5.27. The van der Waals surface area contributed by atoms with Gasteiger partial charge in [0.2, 0.25) is 0 Å². The topological polar surface area (TPSA) is 55.8 Å². The van der Waals surface area contributed by atoms with Crippen molar-refractivity contribution in [2.75, 3.05) is 13.2 Å². The molecular formula is C12H14O4. The fraction of sp³-hybridized carbons (Fsp3) is 0.417. The number of carboxylic acid groups (broad SMARTS) is 1. The molecule has 0 spiro atoms. The van der Waals surface area contributed by atoms with E-state index in [9.17, 15) is 4.79 Å². The molecule has 86 valence electrons. The first kappa shape index (κ1) is 11.1. The van der Waals surface area contributed by atoms with Crippen LogP contribution in [0.5, 0.6) is 0 Å². The number of carboxylic acids is 1. The number of hydrogen-bond donors (Lipinski definition) is 1. The van der Waals surface area contributed by atoms with Gasteiger partial charge in [0.1, 0.15) is 0 Å². The van der Waals surface area contributed by atoms with Crippen LogP contribution in [0.1, 0.15) is 5.56 Å². The predicted molar refractivity (Wildman–Crippen MR) is 57.3 cm³/mol. The minimum absolute atomic E-state index is 0.349. The fourth-order valence-corrected chi connectivity index (χ4v) is 1.81. The van der Waals surface area contributed by atoms with Gasteiger partial charge in [0.25, 0.3) is 0 Å². The van der Waals surface area contributed by atoms with E-state index in [-0.39, 0.29) is 0 Å². The Hall–Kier alpha value is -1.39. The van der Waals surface area contributed by atoms with E-state index in [1.807, 2.05) is 30.3 Å². The van der Waals surface area contributed by atoms with Crippen molar-refractivity contribution in [1.29, 1.82) is 0 Å². The zero-order valence-corrected chi connectivity index (χ0v) is 8.83. The van der Waals surface area contributed by atoms with Gasteiger partial charge in [-0.15, -0.1) is 0 Å². The summed E-state index contributed by atoms with van der Waals surface area (Å²) >= 11 is 0. The van der Waals surface area contributed by atoms with Crippen molar-refractivity contribution in [2.24, 2.45) is 0 Å². The first-order valence-electron chi connectivity index (χ1n) is 5.27. The number of aliphatic carboxylic acids is 1. The van der Waals surface area contributed by atoms with Crippen LogP contribution >= 0.6 is 0 Å². The van der Waals surface area contributed by atoms with Crippen molar-refractivity contribution in [3.63, 3.8) is 0 Å². The zero-order chi connectivity index (χ0) is 11.4. The largest absolute Gasteiger partial charge is 0.479 e. The zero-order valence-electron chi connectivity index (χ0n) is 8.83. The van der Waals surface area contributed by atoms with E-state index in [1.165, 1.54) is 0 Å². The Labute approximate surface area is 93.8 Å². The minimum atomic E-state index is -0.958. The summed E-state index contributed by atoms with van der Waals surface area (Å²) in [5, 5.41) is 8.98. The second kappa shape index (κ2) is 5.09. The number of carbonyl (C=O) groups is 1. The van der Waals surface area contributed by atoms with E-state index in [1.54, 1.807) is 0 Å². The van der Waals surface area contributed by atoms with Crippen molar-refractivity contribution in [3.05, 3.63) is 35.9 Å². The van der Waals surface area contributed by atoms with Gasteiger partial charge in [-0.2, -0.15) is 0 Å². The summed E-state index contributed by atoms with van der Waals surface area (Å²) in [5.74, 6) is -0.958. The highest BCUT2D eigenvalue weighted by Crippen LogP contribution is 2.15. The van der Waals surface area contributed by atoms with Crippen molar-refractivity contribution in [3.8, 4) is 0 Å². The highest BCUT2D eigenvalue weighted by molar-refractivity contribution is 5.73. The Morgan fingerprint density at radius 3 is 2.62 bits per heavy atom. The summed E-state index contributed by atoms with van der Waals surface area (Å²) in [6.45, 7) is 0.809. The Bertz CT molecular complexity index is 349. The maximum absolute atomic E-state index is 10.9. The summed E-state index contributed by atoms with van der Waals surface area (Å²) < 4.78 is 10.6. The molecule has 0 aliphatic carbocycles. The highest BCUT2D eigenvalue weighted by atomic mass is 16.6. The van der Waals surface area contributed by atoms with Crippen molar-refractivity contribution in [1.82, 2.24) is 0 Å². The molecule has 2 unspecified atom stereocenters. The van der Waals surface area contributed by atoms with Gasteiger partial charge in [0, 0.05) is 6.42 Å². The molecule has 0 aromatic heterocycles. The van der Waals surface area contributed by atoms with Crippen LogP contribution in [0, 0.1) is 0 Å². The van der Waals surface area contributed by atoms with Crippen LogP contribution in [0.25, 0.3) is 0 Å². The first-order chi connectivity index (χ1) is 7.77. The Balaban J connectivity index is 2.04. The monoisotopic (exact) mass is 222 g/mol. The van der Waals surface area contributed by atoms with Gasteiger partial charge in [-0.25, -0.2) is 4.79 Å². The third-order valence-electron chi connectivity index (χ3n) is 2.57. The Morgan fingerprint density at radius 2 is 1.94 bits per heavy atom. The second-order valence-corrected chi connectivity index (χ2v) is 3.73. The molecule has 1 aromatic rings. The molecule has 4 nitrogen and oxygen atoms in total. The third-order valence-corrected chi connectivity index (χ3v) is 2.57. The van der Waals surface area contributed by atoms with Gasteiger partial charge in [0.15, 0.2) is 6.10 Å². The molecule has 0 radical (unpaired) electrons. The molecule has 1 aromatic carbocycles. The van der Waals surface area contributed by atoms with Gasteiger partial charge in [0.05, 0.1) is 19.3 Å². The Kier molecular flexibility index (Phi) is 3.54. The SMILES string of the molecule is O=C(O)C1OCCOC1Cc1ccccc1. The van der Waals surface area contributed by atoms with E-state index in [0.29, 0.717) is 19.6 Å². The van der Waals surface area contributed by atoms with Gasteiger partial charge in [-0.05, 0) is 5.56 Å². The van der Waals surface area contributed by atoms with Crippen LogP contribution in [0.2, 0.25) is 0 Å². The molecule has 1 fully saturated rings. The second-order valence-electron chi connectivity index (χ2n) is 3.73. The standard InChI is InChI=1S/C12H14O4/c13-12(14)11-10(15-6-7-16-11)8-9-4-2-1-3-5-9/h1-5,10-11H,6-8H2,(H,13,14). The lowest BCUT2D eigenvalue weighted by Crippen LogP contribution is -2.44. The number of hydrogen-bond acceptors (Lipinski definition) is 3. The summed E-state index contributed by atoms with van der Waals surface area (Å²) in [4.78, 5) is 10.9. The molecule has 1 saturated heterocycles. The smallest absolute Gasteiger partial charge is 0.335 e. The number of ether oxygens (including phenoxy) is 2. The van der Waals surface area contributed by atoms with Gasteiger partial charge < -0.3 is 14.6 Å². The van der Waals surface area contributed by atoms with Crippen LogP contribution in [-0.2, 0) is 20.7 Å². The summed E-state index contributed by atoms with van der Waals surface area (Å²) in [7, 11) is 0. The van der Waals surface area contributed by atoms with Crippen LogP contribution in [0.15, 0.2) is 30.3 Å². The highest BCUT2D eigenvalue weighted by Gasteiger charge is 2.32. The van der Waals surface area contributed by atoms with Crippen molar-refractivity contribution >= 4 is 5.97 Å². The minimum Gasteiger partial charge on any atom is -0.479 e. The average molecular weight is 222 g/mol. The lowest BCUT2D eigenvalue weighted by molar-refractivity contribution is -0.179. The average Bonchev–Trinajstić information content (AvgIpc) is 2.31. The molecule has 1 aliphatic heterocycles. The molecule has 16 heavy (non-hydrogen) atoms. The van der Waals surface area contributed by atoms with Crippen LogP contribution < -0.4 is 0 Å². The molecule has 0 saturated carbocycles. The number of rotatable bonds is 3. The predicted octanol–water partition coefficient (Wildman–Crippen LogP) is 1.10. The molecule has 2 rings (SSSR count). The lowest BCUT2D eigenvalue weighted by Gasteiger charge is -2.29. The molecule has 0 bridgehead atoms. The summed E-state index contributed by atoms with van der Waals surface area (Å²) in [5.41, 5.74) is 1.06. The van der Waals surface area contributed by atoms with E-state index in [0.717, 1.165) is 5.56 Å². The molecule has 4 heteroatoms. The quantitative estimate of drug-likeness (QED) is 0.832. The molecule has 1 heterocycles. The van der Waals surface area contributed by atoms with Crippen LogP contribution in [0.4, 0.5) is 0 Å². The molecule has 1 aliphatic rings. The lowest BCUT2D eigenvalue weighted by atomic mass is 10.0.